The molecule has 0 saturated heterocycles. The van der Waals surface area contributed by atoms with Gasteiger partial charge in [-0.2, -0.15) is 4.98 Å². The van der Waals surface area contributed by atoms with Crippen LogP contribution < -0.4 is 10.6 Å². The van der Waals surface area contributed by atoms with Crippen LogP contribution in [0.4, 0.5) is 31.9 Å². The van der Waals surface area contributed by atoms with Gasteiger partial charge in [-0.1, -0.05) is 6.07 Å². The second kappa shape index (κ2) is 7.14. The number of carbonyl (C=O) groups is 1. The Morgan fingerprint density at radius 1 is 0.962 bits per heavy atom. The fourth-order valence-electron chi connectivity index (χ4n) is 2.27. The van der Waals surface area contributed by atoms with Crippen molar-refractivity contribution < 1.29 is 18.7 Å². The van der Waals surface area contributed by atoms with Gasteiger partial charge in [0.25, 0.3) is 0 Å². The zero-order valence-corrected chi connectivity index (χ0v) is 13.6. The number of carboxylic acid groups (broad SMARTS) is 1. The van der Waals surface area contributed by atoms with Crippen molar-refractivity contribution in [3.8, 4) is 0 Å². The van der Waals surface area contributed by atoms with Crippen molar-refractivity contribution in [2.24, 2.45) is 0 Å². The Bertz CT molecular complexity index is 979. The van der Waals surface area contributed by atoms with Crippen LogP contribution >= 0.6 is 0 Å². The first-order valence-corrected chi connectivity index (χ1v) is 7.59. The number of carboxylic acids is 1. The van der Waals surface area contributed by atoms with Crippen LogP contribution in [0.3, 0.4) is 0 Å². The molecule has 3 N–H and O–H groups in total. The van der Waals surface area contributed by atoms with Gasteiger partial charge >= 0.3 is 5.97 Å². The Labute approximate surface area is 147 Å². The number of anilines is 4. The van der Waals surface area contributed by atoms with E-state index < -0.39 is 17.6 Å². The van der Waals surface area contributed by atoms with E-state index in [1.54, 1.807) is 25.1 Å². The molecular formula is C18H14F2N4O2. The lowest BCUT2D eigenvalue weighted by molar-refractivity contribution is 0.0697. The molecule has 0 bridgehead atoms. The predicted octanol–water partition coefficient (Wildman–Crippen LogP) is 4.25. The maximum atomic E-state index is 13.3. The van der Waals surface area contributed by atoms with Crippen LogP contribution in [0.5, 0.6) is 0 Å². The summed E-state index contributed by atoms with van der Waals surface area (Å²) < 4.78 is 26.3. The number of rotatable bonds is 5. The first-order chi connectivity index (χ1) is 12.4. The lowest BCUT2D eigenvalue weighted by Gasteiger charge is -2.10. The van der Waals surface area contributed by atoms with Crippen molar-refractivity contribution in [1.29, 1.82) is 0 Å². The average Bonchev–Trinajstić information content (AvgIpc) is 2.58. The van der Waals surface area contributed by atoms with Crippen LogP contribution in [-0.2, 0) is 0 Å². The molecule has 1 aromatic heterocycles. The molecule has 2 aromatic carbocycles. The lowest BCUT2D eigenvalue weighted by atomic mass is 10.2. The summed E-state index contributed by atoms with van der Waals surface area (Å²) in [6, 6.07) is 11.3. The number of aromatic carboxylic acids is 1. The summed E-state index contributed by atoms with van der Waals surface area (Å²) >= 11 is 0. The average molecular weight is 356 g/mol. The molecule has 1 heterocycles. The van der Waals surface area contributed by atoms with Crippen LogP contribution in [0, 0.1) is 18.6 Å². The molecule has 0 amide bonds. The van der Waals surface area contributed by atoms with Gasteiger partial charge in [0.05, 0.1) is 5.56 Å². The summed E-state index contributed by atoms with van der Waals surface area (Å²) in [5, 5.41) is 14.9. The summed E-state index contributed by atoms with van der Waals surface area (Å²) in [7, 11) is 0. The molecule has 0 saturated carbocycles. The third kappa shape index (κ3) is 4.10. The van der Waals surface area contributed by atoms with Crippen LogP contribution in [0.15, 0.2) is 48.5 Å². The van der Waals surface area contributed by atoms with Gasteiger partial charge < -0.3 is 15.7 Å². The molecular weight excluding hydrogens is 342 g/mol. The van der Waals surface area contributed by atoms with Crippen molar-refractivity contribution in [2.75, 3.05) is 10.6 Å². The zero-order valence-electron chi connectivity index (χ0n) is 13.6. The minimum absolute atomic E-state index is 0.140. The number of halogens is 2. The van der Waals surface area contributed by atoms with Gasteiger partial charge in [-0.25, -0.2) is 18.6 Å². The zero-order chi connectivity index (χ0) is 18.7. The third-order valence-corrected chi connectivity index (χ3v) is 3.41. The van der Waals surface area contributed by atoms with Crippen molar-refractivity contribution in [3.05, 3.63) is 71.4 Å². The second-order valence-electron chi connectivity index (χ2n) is 5.48. The largest absolute Gasteiger partial charge is 0.478 e. The number of hydrogen-bond acceptors (Lipinski definition) is 5. The maximum absolute atomic E-state index is 13.3. The molecule has 0 unspecified atom stereocenters. The van der Waals surface area contributed by atoms with Crippen molar-refractivity contribution in [1.82, 2.24) is 9.97 Å². The van der Waals surface area contributed by atoms with E-state index in [0.717, 1.165) is 12.1 Å². The highest BCUT2D eigenvalue weighted by atomic mass is 19.2. The first-order valence-electron chi connectivity index (χ1n) is 7.59. The quantitative estimate of drug-likeness (QED) is 0.634. The smallest absolute Gasteiger partial charge is 0.335 e. The van der Waals surface area contributed by atoms with E-state index in [9.17, 15) is 13.6 Å². The Hall–Kier alpha value is -3.55. The number of aromatic nitrogens is 2. The molecule has 0 radical (unpaired) electrons. The highest BCUT2D eigenvalue weighted by molar-refractivity contribution is 5.89. The first kappa shape index (κ1) is 17.3. The minimum atomic E-state index is -1.03. The fourth-order valence-corrected chi connectivity index (χ4v) is 2.27. The Balaban J connectivity index is 1.84. The van der Waals surface area contributed by atoms with Gasteiger partial charge in [0.15, 0.2) is 11.6 Å². The number of aryl methyl sites for hydroxylation is 1. The Kier molecular flexibility index (Phi) is 4.74. The molecule has 0 aliphatic carbocycles. The minimum Gasteiger partial charge on any atom is -0.478 e. The summed E-state index contributed by atoms with van der Waals surface area (Å²) in [6.07, 6.45) is 0. The molecule has 132 valence electrons. The topological polar surface area (TPSA) is 87.1 Å². The van der Waals surface area contributed by atoms with E-state index in [1.807, 2.05) is 0 Å². The molecule has 3 aromatic rings. The van der Waals surface area contributed by atoms with Crippen molar-refractivity contribution >= 4 is 29.1 Å². The number of nitrogens with one attached hydrogen (secondary N) is 2. The van der Waals surface area contributed by atoms with Gasteiger partial charge in [-0.15, -0.1) is 0 Å². The number of hydrogen-bond donors (Lipinski definition) is 3. The normalized spacial score (nSPS) is 10.4. The van der Waals surface area contributed by atoms with E-state index in [-0.39, 0.29) is 11.5 Å². The molecule has 0 aliphatic heterocycles. The van der Waals surface area contributed by atoms with Crippen LogP contribution in [-0.4, -0.2) is 21.0 Å². The third-order valence-electron chi connectivity index (χ3n) is 3.41. The highest BCUT2D eigenvalue weighted by Crippen LogP contribution is 2.21. The summed E-state index contributed by atoms with van der Waals surface area (Å²) in [6.45, 7) is 1.75. The van der Waals surface area contributed by atoms with E-state index >= 15 is 0 Å². The molecule has 8 heteroatoms. The van der Waals surface area contributed by atoms with Crippen molar-refractivity contribution in [3.63, 3.8) is 0 Å². The summed E-state index contributed by atoms with van der Waals surface area (Å²) in [5.74, 6) is -2.35. The van der Waals surface area contributed by atoms with E-state index in [0.29, 0.717) is 22.9 Å². The molecule has 0 spiro atoms. The molecule has 0 aliphatic rings. The van der Waals surface area contributed by atoms with Gasteiger partial charge in [-0.3, -0.25) is 0 Å². The lowest BCUT2D eigenvalue weighted by Crippen LogP contribution is -2.03. The molecule has 0 fully saturated rings. The fraction of sp³-hybridized carbons (Fsp3) is 0.0556. The van der Waals surface area contributed by atoms with E-state index in [4.69, 9.17) is 5.11 Å². The van der Waals surface area contributed by atoms with E-state index in [1.165, 1.54) is 18.2 Å². The standard InChI is InChI=1S/C18H14F2N4O2/c1-10-7-16(22-12-4-2-3-11(8-12)17(25)26)24-18(21-10)23-13-5-6-14(19)15(20)9-13/h2-9H,1H3,(H,25,26)(H2,21,22,23,24). The molecule has 0 atom stereocenters. The van der Waals surface area contributed by atoms with Gasteiger partial charge in [0.2, 0.25) is 5.95 Å². The summed E-state index contributed by atoms with van der Waals surface area (Å²) in [5.41, 5.74) is 1.61. The molecule has 6 nitrogen and oxygen atoms in total. The number of benzene rings is 2. The highest BCUT2D eigenvalue weighted by Gasteiger charge is 2.08. The predicted molar refractivity (Wildman–Crippen MR) is 93.1 cm³/mol. The monoisotopic (exact) mass is 356 g/mol. The van der Waals surface area contributed by atoms with Gasteiger partial charge in [-0.05, 0) is 37.3 Å². The second-order valence-corrected chi connectivity index (χ2v) is 5.48. The maximum Gasteiger partial charge on any atom is 0.335 e. The Morgan fingerprint density at radius 3 is 2.46 bits per heavy atom. The van der Waals surface area contributed by atoms with Crippen LogP contribution in [0.1, 0.15) is 16.1 Å². The molecule has 3 rings (SSSR count). The number of nitrogens with zero attached hydrogens (tertiary/aromatic N) is 2. The molecule has 26 heavy (non-hydrogen) atoms. The van der Waals surface area contributed by atoms with E-state index in [2.05, 4.69) is 20.6 Å². The Morgan fingerprint density at radius 2 is 1.73 bits per heavy atom. The van der Waals surface area contributed by atoms with Crippen LogP contribution in [0.25, 0.3) is 0 Å². The van der Waals surface area contributed by atoms with Gasteiger partial charge in [0, 0.05) is 29.2 Å². The van der Waals surface area contributed by atoms with Crippen LogP contribution in [0.2, 0.25) is 0 Å². The van der Waals surface area contributed by atoms with Gasteiger partial charge in [0.1, 0.15) is 5.82 Å². The SMILES string of the molecule is Cc1cc(Nc2cccc(C(=O)O)c2)nc(Nc2ccc(F)c(F)c2)n1. The summed E-state index contributed by atoms with van der Waals surface area (Å²) in [4.78, 5) is 19.5. The van der Waals surface area contributed by atoms with Crippen molar-refractivity contribution in [2.45, 2.75) is 6.92 Å².